The highest BCUT2D eigenvalue weighted by atomic mass is 15.3. The van der Waals surface area contributed by atoms with Gasteiger partial charge in [0.2, 0.25) is 0 Å². The van der Waals surface area contributed by atoms with Crippen molar-refractivity contribution in [2.75, 3.05) is 14.7 Å². The summed E-state index contributed by atoms with van der Waals surface area (Å²) in [7, 11) is 0. The van der Waals surface area contributed by atoms with Gasteiger partial charge in [-0.1, -0.05) is 172 Å². The summed E-state index contributed by atoms with van der Waals surface area (Å²) in [5.41, 5.74) is 31.2. The summed E-state index contributed by atoms with van der Waals surface area (Å²) in [4.78, 5) is 17.0. The predicted molar refractivity (Wildman–Crippen MR) is 354 cm³/mol. The maximum absolute atomic E-state index is 4.48. The van der Waals surface area contributed by atoms with Crippen molar-refractivity contribution in [3.8, 4) is 33.4 Å². The van der Waals surface area contributed by atoms with Gasteiger partial charge in [0.05, 0.1) is 16.9 Å². The number of fused-ring (bicyclic) bond motifs is 10. The Morgan fingerprint density at radius 2 is 1.00 bits per heavy atom. The first kappa shape index (κ1) is 52.3. The van der Waals surface area contributed by atoms with E-state index in [2.05, 4.69) is 283 Å². The van der Waals surface area contributed by atoms with Crippen molar-refractivity contribution in [1.82, 2.24) is 9.97 Å². The molecule has 0 saturated carbocycles. The summed E-state index contributed by atoms with van der Waals surface area (Å²) in [6, 6.07) is 71.1. The molecule has 6 heteroatoms. The molecule has 4 heterocycles. The Balaban J connectivity index is 1.05. The van der Waals surface area contributed by atoms with Gasteiger partial charge in [-0.25, -0.2) is 9.97 Å². The number of aromatic nitrogens is 2. The normalized spacial score (nSPS) is 18.8. The average Bonchev–Trinajstić information content (AvgIpc) is 1.54. The second-order valence-electron chi connectivity index (χ2n) is 28.2. The zero-order chi connectivity index (χ0) is 57.8. The molecule has 9 aromatic carbocycles. The third kappa shape index (κ3) is 7.88. The molecule has 0 saturated heterocycles. The molecule has 0 fully saturated rings. The van der Waals surface area contributed by atoms with E-state index >= 15 is 0 Å². The second-order valence-corrected chi connectivity index (χ2v) is 28.2. The van der Waals surface area contributed by atoms with E-state index in [1.54, 1.807) is 6.33 Å². The van der Waals surface area contributed by atoms with Crippen LogP contribution in [-0.2, 0) is 41.0 Å². The Hall–Kier alpha value is -8.48. The molecule has 2 unspecified atom stereocenters. The minimum atomic E-state index is -0.428. The fourth-order valence-corrected chi connectivity index (χ4v) is 15.8. The van der Waals surface area contributed by atoms with E-state index in [-0.39, 0.29) is 28.4 Å². The molecule has 10 aromatic rings. The maximum atomic E-state index is 4.48. The van der Waals surface area contributed by atoms with Crippen molar-refractivity contribution >= 4 is 68.6 Å². The van der Waals surface area contributed by atoms with E-state index in [0.717, 1.165) is 36.8 Å². The van der Waals surface area contributed by atoms with Crippen molar-refractivity contribution in [3.05, 3.63) is 245 Å². The Kier molecular flexibility index (Phi) is 11.5. The van der Waals surface area contributed by atoms with Crippen LogP contribution >= 0.6 is 0 Å². The fraction of sp³-hybridized carbons (Fsp3) is 0.256. The van der Waals surface area contributed by atoms with Crippen molar-refractivity contribution in [1.29, 1.82) is 0 Å². The van der Waals surface area contributed by atoms with Crippen LogP contribution in [0.5, 0.6) is 0 Å². The maximum Gasteiger partial charge on any atom is 0.252 e. The molecular weight excluding hydrogens is 1020 g/mol. The molecule has 0 bridgehead atoms. The summed E-state index contributed by atoms with van der Waals surface area (Å²) >= 11 is 0. The highest BCUT2D eigenvalue weighted by Crippen LogP contribution is 2.64. The lowest BCUT2D eigenvalue weighted by molar-refractivity contribution is 0.245. The monoisotopic (exact) mass is 1090 g/mol. The summed E-state index contributed by atoms with van der Waals surface area (Å²) in [5.74, 6) is 0. The summed E-state index contributed by atoms with van der Waals surface area (Å²) in [6.07, 6.45) is 9.66. The van der Waals surface area contributed by atoms with E-state index in [4.69, 9.17) is 0 Å². The molecule has 2 atom stereocenters. The van der Waals surface area contributed by atoms with Gasteiger partial charge in [0.25, 0.3) is 6.71 Å². The van der Waals surface area contributed by atoms with E-state index < -0.39 is 5.54 Å². The molecule has 0 radical (unpaired) electrons. The van der Waals surface area contributed by atoms with Crippen molar-refractivity contribution in [3.63, 3.8) is 0 Å². The highest BCUT2D eigenvalue weighted by molar-refractivity contribution is 7.00. The molecule has 15 rings (SSSR count). The minimum absolute atomic E-state index is 0.0496. The van der Waals surface area contributed by atoms with Gasteiger partial charge in [-0.15, -0.1) is 0 Å². The van der Waals surface area contributed by atoms with Crippen LogP contribution in [-0.4, -0.2) is 16.7 Å². The first-order valence-corrected chi connectivity index (χ1v) is 30.5. The molecule has 0 spiro atoms. The molecule has 5 aliphatic rings. The zero-order valence-corrected chi connectivity index (χ0v) is 50.7. The first-order valence-electron chi connectivity index (χ1n) is 30.5. The quantitative estimate of drug-likeness (QED) is 0.155. The number of aryl methyl sites for hydroxylation is 2. The van der Waals surface area contributed by atoms with Crippen LogP contribution in [0.15, 0.2) is 201 Å². The third-order valence-electron chi connectivity index (χ3n) is 20.2. The van der Waals surface area contributed by atoms with Crippen molar-refractivity contribution in [2.45, 2.75) is 124 Å². The number of anilines is 8. The largest absolute Gasteiger partial charge is 0.330 e. The molecule has 414 valence electrons. The smallest absolute Gasteiger partial charge is 0.252 e. The Bertz CT molecular complexity index is 4320. The van der Waals surface area contributed by atoms with E-state index in [0.29, 0.717) is 0 Å². The topological polar surface area (TPSA) is 35.5 Å². The molecule has 2 aliphatic carbocycles. The van der Waals surface area contributed by atoms with Gasteiger partial charge in [0, 0.05) is 68.6 Å². The molecule has 0 N–H and O–H groups in total. The SMILES string of the molecule is Cc1cc2c3c(c1)N(c1ccc(C(C)(C)C)cc1-c1ccccc1)c1cc4c(cc1B3c1cc(N3c5ccc(-c6cncnc6)cc5C5(C)CCc6ccccc6C35C)ccc1N2c1ccc(C(C)(C)C)cc1-c1ccccc1)CC(C)(C)C4. The Morgan fingerprint density at radius 3 is 1.62 bits per heavy atom. The molecule has 1 aromatic heterocycles. The van der Waals surface area contributed by atoms with Crippen LogP contribution in [0.25, 0.3) is 33.4 Å². The van der Waals surface area contributed by atoms with Gasteiger partial charge >= 0.3 is 0 Å². The van der Waals surface area contributed by atoms with Crippen LogP contribution in [0.3, 0.4) is 0 Å². The molecule has 5 nitrogen and oxygen atoms in total. The third-order valence-corrected chi connectivity index (χ3v) is 20.2. The fourth-order valence-electron chi connectivity index (χ4n) is 15.8. The summed E-state index contributed by atoms with van der Waals surface area (Å²) in [5, 5.41) is 0. The van der Waals surface area contributed by atoms with Gasteiger partial charge in [0.15, 0.2) is 0 Å². The molecule has 0 amide bonds. The Labute approximate surface area is 498 Å². The van der Waals surface area contributed by atoms with Gasteiger partial charge in [0.1, 0.15) is 6.33 Å². The lowest BCUT2D eigenvalue weighted by atomic mass is 9.33. The van der Waals surface area contributed by atoms with Gasteiger partial charge < -0.3 is 14.7 Å². The lowest BCUT2D eigenvalue weighted by Crippen LogP contribution is -2.61. The minimum Gasteiger partial charge on any atom is -0.330 e. The molecule has 84 heavy (non-hydrogen) atoms. The number of nitrogens with zero attached hydrogens (tertiary/aromatic N) is 5. The number of hydrogen-bond donors (Lipinski definition) is 0. The number of hydrogen-bond acceptors (Lipinski definition) is 5. The highest BCUT2D eigenvalue weighted by Gasteiger charge is 2.60. The Morgan fingerprint density at radius 1 is 0.452 bits per heavy atom. The van der Waals surface area contributed by atoms with Crippen LogP contribution in [0.2, 0.25) is 0 Å². The molecule has 3 aliphatic heterocycles. The van der Waals surface area contributed by atoms with Gasteiger partial charge in [-0.3, -0.25) is 0 Å². The van der Waals surface area contributed by atoms with Crippen LogP contribution in [0.1, 0.15) is 120 Å². The van der Waals surface area contributed by atoms with Crippen LogP contribution < -0.4 is 31.1 Å². The first-order chi connectivity index (χ1) is 40.3. The van der Waals surface area contributed by atoms with E-state index in [1.165, 1.54) is 129 Å². The van der Waals surface area contributed by atoms with Gasteiger partial charge in [-0.05, 0) is 206 Å². The average molecular weight is 1090 g/mol. The van der Waals surface area contributed by atoms with Crippen molar-refractivity contribution < 1.29 is 0 Å². The lowest BCUT2D eigenvalue weighted by Gasteiger charge is -2.51. The van der Waals surface area contributed by atoms with E-state index in [9.17, 15) is 0 Å². The van der Waals surface area contributed by atoms with Gasteiger partial charge in [-0.2, -0.15) is 0 Å². The van der Waals surface area contributed by atoms with E-state index in [1.807, 2.05) is 12.4 Å². The van der Waals surface area contributed by atoms with Crippen LogP contribution in [0, 0.1) is 12.3 Å². The number of benzene rings is 9. The number of rotatable bonds is 6. The second kappa shape index (κ2) is 18.5. The molecular formula is C78H74BN5. The predicted octanol–water partition coefficient (Wildman–Crippen LogP) is 17.9. The van der Waals surface area contributed by atoms with Crippen LogP contribution in [0.4, 0.5) is 45.5 Å². The van der Waals surface area contributed by atoms with Crippen molar-refractivity contribution in [2.24, 2.45) is 5.41 Å². The summed E-state index contributed by atoms with van der Waals surface area (Å²) < 4.78 is 0. The zero-order valence-electron chi connectivity index (χ0n) is 50.7. The summed E-state index contributed by atoms with van der Waals surface area (Å²) in [6.45, 7) is 26.2. The standard InChI is InChI=1S/C78H74BN5/c1-49-36-71-73-72(37-49)83(67-32-28-58(75(5,6)7)42-61(67)51-22-16-13-17-23-51)70-40-55-45-76(8,9)44-54(55)39-64(70)79(73)65-43-59(29-33-69(65)82(71)66-31-27-57(74(2,3)4)41-60(66)50-20-14-12-15-21-50)84-68-30-26-53(56-46-80-48-81-47-56)38-63(68)77(10)35-34-52-24-18-19-25-62(52)78(77,84)11/h12-33,36-43,46-48H,34-35,44-45H2,1-11H3.